The summed E-state index contributed by atoms with van der Waals surface area (Å²) in [7, 11) is 0. The molecule has 1 aliphatic rings. The average Bonchev–Trinajstić information content (AvgIpc) is 2.47. The zero-order chi connectivity index (χ0) is 16.3. The van der Waals surface area contributed by atoms with Gasteiger partial charge in [-0.25, -0.2) is 4.21 Å². The lowest BCUT2D eigenvalue weighted by molar-refractivity contribution is -0.139. The van der Waals surface area contributed by atoms with Crippen LogP contribution in [-0.4, -0.2) is 46.4 Å². The van der Waals surface area contributed by atoms with Gasteiger partial charge in [-0.1, -0.05) is 6.92 Å². The van der Waals surface area contributed by atoms with E-state index in [4.69, 9.17) is 4.55 Å². The molecule has 8 heteroatoms. The summed E-state index contributed by atoms with van der Waals surface area (Å²) in [6.45, 7) is 6.00. The van der Waals surface area contributed by atoms with Gasteiger partial charge in [-0.05, 0) is 31.2 Å². The lowest BCUT2D eigenvalue weighted by Crippen LogP contribution is -2.46. The number of rotatable bonds is 4. The van der Waals surface area contributed by atoms with Gasteiger partial charge in [0.2, 0.25) is 0 Å². The van der Waals surface area contributed by atoms with Crippen molar-refractivity contribution in [2.75, 3.05) is 37.6 Å². The fraction of sp³-hybridized carbons (Fsp3) is 0.571. The second kappa shape index (κ2) is 6.97. The second-order valence-electron chi connectivity index (χ2n) is 5.26. The van der Waals surface area contributed by atoms with Crippen molar-refractivity contribution in [1.82, 2.24) is 4.90 Å². The van der Waals surface area contributed by atoms with Gasteiger partial charge >= 0.3 is 6.18 Å². The number of halogens is 3. The molecule has 1 aromatic rings. The Morgan fingerprint density at radius 3 is 2.36 bits per heavy atom. The van der Waals surface area contributed by atoms with Gasteiger partial charge in [0.15, 0.2) is 11.1 Å². The highest BCUT2D eigenvalue weighted by atomic mass is 32.2. The monoisotopic (exact) mass is 336 g/mol. The first kappa shape index (κ1) is 17.2. The van der Waals surface area contributed by atoms with Crippen LogP contribution < -0.4 is 4.90 Å². The fourth-order valence-electron chi connectivity index (χ4n) is 2.63. The molecule has 1 fully saturated rings. The normalized spacial score (nSPS) is 18.5. The Bertz CT molecular complexity index is 543. The van der Waals surface area contributed by atoms with Crippen LogP contribution in [0.1, 0.15) is 18.9 Å². The van der Waals surface area contributed by atoms with Crippen molar-refractivity contribution in [3.8, 4) is 0 Å². The van der Waals surface area contributed by atoms with Crippen LogP contribution in [-0.2, 0) is 17.3 Å². The maximum atomic E-state index is 13.0. The summed E-state index contributed by atoms with van der Waals surface area (Å²) in [5.41, 5.74) is -0.598. The molecular formula is C14H19F3N2O2S. The van der Waals surface area contributed by atoms with E-state index in [2.05, 4.69) is 11.8 Å². The quantitative estimate of drug-likeness (QED) is 0.859. The van der Waals surface area contributed by atoms with Crippen molar-refractivity contribution in [3.05, 3.63) is 23.8 Å². The van der Waals surface area contributed by atoms with Crippen LogP contribution in [0.2, 0.25) is 0 Å². The molecule has 0 spiro atoms. The van der Waals surface area contributed by atoms with Gasteiger partial charge in [0.25, 0.3) is 0 Å². The molecule has 1 atom stereocenters. The molecule has 1 N–H and O–H groups in total. The smallest absolute Gasteiger partial charge is 0.369 e. The molecule has 1 saturated heterocycles. The predicted octanol–water partition coefficient (Wildman–Crippen LogP) is 2.82. The topological polar surface area (TPSA) is 43.8 Å². The molecule has 1 unspecified atom stereocenters. The Hall–Kier alpha value is -1.12. The minimum atomic E-state index is -4.65. The molecular weight excluding hydrogens is 317 g/mol. The molecule has 1 heterocycles. The Kier molecular flexibility index (Phi) is 5.46. The van der Waals surface area contributed by atoms with E-state index in [-0.39, 0.29) is 0 Å². The summed E-state index contributed by atoms with van der Waals surface area (Å²) in [5, 5.41) is 0. The van der Waals surface area contributed by atoms with Crippen LogP contribution in [0.3, 0.4) is 0 Å². The Balaban J connectivity index is 2.21. The van der Waals surface area contributed by atoms with Crippen LogP contribution in [0.25, 0.3) is 0 Å². The maximum Gasteiger partial charge on any atom is 0.417 e. The van der Waals surface area contributed by atoms with Crippen molar-refractivity contribution in [2.24, 2.45) is 0 Å². The molecule has 0 aromatic heterocycles. The molecule has 2 rings (SSSR count). The molecule has 0 amide bonds. The third-order valence-electron chi connectivity index (χ3n) is 3.73. The summed E-state index contributed by atoms with van der Waals surface area (Å²) >= 11 is -2.66. The highest BCUT2D eigenvalue weighted by Gasteiger charge is 2.35. The Labute approximate surface area is 130 Å². The molecule has 22 heavy (non-hydrogen) atoms. The van der Waals surface area contributed by atoms with Crippen LogP contribution in [0.4, 0.5) is 18.9 Å². The summed E-state index contributed by atoms with van der Waals surface area (Å²) in [6.07, 6.45) is -3.59. The van der Waals surface area contributed by atoms with Gasteiger partial charge in [0.05, 0.1) is 10.5 Å². The van der Waals surface area contributed by atoms with Crippen LogP contribution in [0, 0.1) is 0 Å². The van der Waals surface area contributed by atoms with Crippen molar-refractivity contribution in [1.29, 1.82) is 0 Å². The van der Waals surface area contributed by atoms with E-state index >= 15 is 0 Å². The van der Waals surface area contributed by atoms with E-state index in [0.717, 1.165) is 38.2 Å². The number of benzene rings is 1. The lowest BCUT2D eigenvalue weighted by atomic mass is 10.1. The largest absolute Gasteiger partial charge is 0.417 e. The van der Waals surface area contributed by atoms with Gasteiger partial charge in [-0.15, -0.1) is 0 Å². The van der Waals surface area contributed by atoms with Crippen LogP contribution in [0.15, 0.2) is 23.1 Å². The van der Waals surface area contributed by atoms with Gasteiger partial charge < -0.3 is 9.45 Å². The van der Waals surface area contributed by atoms with Crippen molar-refractivity contribution in [2.45, 2.75) is 24.4 Å². The predicted molar refractivity (Wildman–Crippen MR) is 79.4 cm³/mol. The number of piperazine rings is 1. The molecule has 124 valence electrons. The number of anilines is 1. The summed E-state index contributed by atoms with van der Waals surface area (Å²) in [6, 6.07) is 3.54. The third kappa shape index (κ3) is 3.99. The average molecular weight is 336 g/mol. The van der Waals surface area contributed by atoms with Gasteiger partial charge in [0, 0.05) is 31.9 Å². The van der Waals surface area contributed by atoms with E-state index in [9.17, 15) is 17.4 Å². The van der Waals surface area contributed by atoms with E-state index in [1.165, 1.54) is 6.07 Å². The SMILES string of the molecule is CCCN1CCN(c2ccc(S(=O)O)c(C(F)(F)F)c2)CC1. The number of alkyl halides is 3. The van der Waals surface area contributed by atoms with E-state index in [1.807, 2.05) is 4.90 Å². The highest BCUT2D eigenvalue weighted by Crippen LogP contribution is 2.36. The lowest BCUT2D eigenvalue weighted by Gasteiger charge is -2.36. The Morgan fingerprint density at radius 1 is 1.23 bits per heavy atom. The van der Waals surface area contributed by atoms with E-state index in [1.54, 1.807) is 0 Å². The van der Waals surface area contributed by atoms with Gasteiger partial charge in [-0.3, -0.25) is 4.90 Å². The van der Waals surface area contributed by atoms with Crippen LogP contribution in [0.5, 0.6) is 0 Å². The number of hydrogen-bond acceptors (Lipinski definition) is 3. The zero-order valence-electron chi connectivity index (χ0n) is 12.3. The summed E-state index contributed by atoms with van der Waals surface area (Å²) in [5.74, 6) is 0. The first-order valence-electron chi connectivity index (χ1n) is 7.12. The molecule has 0 radical (unpaired) electrons. The van der Waals surface area contributed by atoms with Crippen LogP contribution >= 0.6 is 0 Å². The number of hydrogen-bond donors (Lipinski definition) is 1. The standard InChI is InChI=1S/C14H19F3N2O2S/c1-2-5-18-6-8-19(9-7-18)11-3-4-13(22(20)21)12(10-11)14(15,16)17/h3-4,10H,2,5-9H2,1H3,(H,20,21). The third-order valence-corrected chi connectivity index (χ3v) is 4.47. The maximum absolute atomic E-state index is 13.0. The minimum absolute atomic E-state index is 0.442. The number of nitrogens with zero attached hydrogens (tertiary/aromatic N) is 2. The first-order chi connectivity index (χ1) is 10.3. The first-order valence-corrected chi connectivity index (χ1v) is 8.23. The molecule has 1 aliphatic heterocycles. The van der Waals surface area contributed by atoms with Gasteiger partial charge in [0.1, 0.15) is 0 Å². The zero-order valence-corrected chi connectivity index (χ0v) is 13.1. The van der Waals surface area contributed by atoms with Crippen molar-refractivity contribution < 1.29 is 21.9 Å². The molecule has 0 saturated carbocycles. The second-order valence-corrected chi connectivity index (χ2v) is 6.19. The highest BCUT2D eigenvalue weighted by molar-refractivity contribution is 7.79. The molecule has 4 nitrogen and oxygen atoms in total. The fourth-order valence-corrected chi connectivity index (χ4v) is 3.18. The molecule has 0 aliphatic carbocycles. The molecule has 0 bridgehead atoms. The summed E-state index contributed by atoms with van der Waals surface area (Å²) < 4.78 is 59.2. The van der Waals surface area contributed by atoms with Crippen molar-refractivity contribution >= 4 is 16.8 Å². The van der Waals surface area contributed by atoms with Crippen molar-refractivity contribution in [3.63, 3.8) is 0 Å². The van der Waals surface area contributed by atoms with E-state index in [0.29, 0.717) is 18.8 Å². The summed E-state index contributed by atoms with van der Waals surface area (Å²) in [4.78, 5) is 3.56. The van der Waals surface area contributed by atoms with Gasteiger partial charge in [-0.2, -0.15) is 13.2 Å². The van der Waals surface area contributed by atoms with E-state index < -0.39 is 27.7 Å². The molecule has 1 aromatic carbocycles. The minimum Gasteiger partial charge on any atom is -0.369 e. The Morgan fingerprint density at radius 2 is 1.86 bits per heavy atom.